The molecule has 5 rings (SSSR count). The molecule has 0 bridgehead atoms. The Morgan fingerprint density at radius 3 is 2.89 bits per heavy atom. The Kier molecular flexibility index (Phi) is 4.38. The summed E-state index contributed by atoms with van der Waals surface area (Å²) in [6.07, 6.45) is 2.25. The average Bonchev–Trinajstić information content (AvgIpc) is 3.24. The lowest BCUT2D eigenvalue weighted by Crippen LogP contribution is -2.35. The van der Waals surface area contributed by atoms with Gasteiger partial charge in [-0.05, 0) is 44.1 Å². The van der Waals surface area contributed by atoms with Crippen LogP contribution in [0.25, 0.3) is 11.0 Å². The molecule has 7 nitrogen and oxygen atoms in total. The lowest BCUT2D eigenvalue weighted by Gasteiger charge is -2.31. The Morgan fingerprint density at radius 2 is 2.04 bits per heavy atom. The van der Waals surface area contributed by atoms with E-state index in [0.29, 0.717) is 5.92 Å². The molecule has 1 aromatic carbocycles. The highest BCUT2D eigenvalue weighted by molar-refractivity contribution is 6.31. The summed E-state index contributed by atoms with van der Waals surface area (Å²) in [7, 11) is 2.09. The molecule has 2 aliphatic heterocycles. The highest BCUT2D eigenvalue weighted by Crippen LogP contribution is 2.29. The molecule has 142 valence electrons. The van der Waals surface area contributed by atoms with Crippen molar-refractivity contribution in [1.29, 1.82) is 0 Å². The normalized spacial score (nSPS) is 18.9. The predicted molar refractivity (Wildman–Crippen MR) is 105 cm³/mol. The van der Waals surface area contributed by atoms with Gasteiger partial charge in [0.15, 0.2) is 0 Å². The number of hydrogen-bond donors (Lipinski definition) is 1. The van der Waals surface area contributed by atoms with E-state index in [4.69, 9.17) is 16.6 Å². The molecule has 0 saturated carbocycles. The number of rotatable bonds is 3. The Morgan fingerprint density at radius 1 is 1.19 bits per heavy atom. The number of halogens is 1. The van der Waals surface area contributed by atoms with Crippen molar-refractivity contribution in [2.45, 2.75) is 38.4 Å². The lowest BCUT2D eigenvalue weighted by molar-refractivity contribution is 0.194. The molecular weight excluding hydrogens is 362 g/mol. The highest BCUT2D eigenvalue weighted by Gasteiger charge is 2.27. The van der Waals surface area contributed by atoms with Crippen molar-refractivity contribution in [1.82, 2.24) is 34.5 Å². The molecule has 1 saturated heterocycles. The highest BCUT2D eigenvalue weighted by atomic mass is 35.5. The van der Waals surface area contributed by atoms with Gasteiger partial charge in [-0.2, -0.15) is 0 Å². The zero-order chi connectivity index (χ0) is 18.4. The van der Waals surface area contributed by atoms with Gasteiger partial charge in [0.05, 0.1) is 24.1 Å². The molecule has 3 aromatic rings. The Balaban J connectivity index is 1.27. The Labute approximate surface area is 163 Å². The third-order valence-electron chi connectivity index (χ3n) is 5.90. The van der Waals surface area contributed by atoms with E-state index in [0.717, 1.165) is 79.8 Å². The fourth-order valence-electron chi connectivity index (χ4n) is 4.33. The van der Waals surface area contributed by atoms with Crippen LogP contribution in [0.2, 0.25) is 5.02 Å². The van der Waals surface area contributed by atoms with Crippen LogP contribution >= 0.6 is 11.6 Å². The van der Waals surface area contributed by atoms with Crippen LogP contribution in [-0.4, -0.2) is 48.8 Å². The van der Waals surface area contributed by atoms with Gasteiger partial charge in [0.1, 0.15) is 17.5 Å². The monoisotopic (exact) mass is 385 g/mol. The maximum absolute atomic E-state index is 6.11. The van der Waals surface area contributed by atoms with Crippen molar-refractivity contribution in [2.24, 2.45) is 7.05 Å². The van der Waals surface area contributed by atoms with Gasteiger partial charge in [-0.15, -0.1) is 10.2 Å². The van der Waals surface area contributed by atoms with Gasteiger partial charge in [-0.3, -0.25) is 4.90 Å². The number of nitrogens with zero attached hydrogens (tertiary/aromatic N) is 6. The first-order valence-electron chi connectivity index (χ1n) is 9.65. The van der Waals surface area contributed by atoms with E-state index in [-0.39, 0.29) is 0 Å². The van der Waals surface area contributed by atoms with E-state index in [1.54, 1.807) is 0 Å². The minimum atomic E-state index is 0.514. The number of aromatic nitrogens is 5. The van der Waals surface area contributed by atoms with Crippen molar-refractivity contribution in [3.63, 3.8) is 0 Å². The van der Waals surface area contributed by atoms with E-state index >= 15 is 0 Å². The third-order valence-corrected chi connectivity index (χ3v) is 6.14. The number of benzene rings is 1. The number of nitrogens with one attached hydrogen (secondary N) is 1. The molecule has 4 heterocycles. The molecule has 0 amide bonds. The maximum atomic E-state index is 6.11. The van der Waals surface area contributed by atoms with Gasteiger partial charge in [-0.25, -0.2) is 4.98 Å². The molecule has 0 aliphatic carbocycles. The number of fused-ring (bicyclic) bond motifs is 2. The molecular formula is C19H24ClN7. The zero-order valence-corrected chi connectivity index (χ0v) is 16.3. The minimum Gasteiger partial charge on any atom is -0.330 e. The number of piperidine rings is 1. The van der Waals surface area contributed by atoms with Crippen LogP contribution in [0.4, 0.5) is 0 Å². The van der Waals surface area contributed by atoms with Gasteiger partial charge in [0, 0.05) is 31.1 Å². The van der Waals surface area contributed by atoms with E-state index in [1.807, 2.05) is 18.2 Å². The van der Waals surface area contributed by atoms with Crippen molar-refractivity contribution >= 4 is 22.6 Å². The molecule has 0 radical (unpaired) electrons. The summed E-state index contributed by atoms with van der Waals surface area (Å²) in [6, 6.07) is 5.91. The first kappa shape index (κ1) is 17.2. The molecule has 0 spiro atoms. The summed E-state index contributed by atoms with van der Waals surface area (Å²) in [4.78, 5) is 7.29. The van der Waals surface area contributed by atoms with Gasteiger partial charge in [-0.1, -0.05) is 11.6 Å². The smallest absolute Gasteiger partial charge is 0.147 e. The summed E-state index contributed by atoms with van der Waals surface area (Å²) < 4.78 is 4.51. The van der Waals surface area contributed by atoms with E-state index in [1.165, 1.54) is 5.82 Å². The number of imidazole rings is 1. The topological polar surface area (TPSA) is 63.8 Å². The number of likely N-dealkylation sites (tertiary alicyclic amines) is 1. The second-order valence-electron chi connectivity index (χ2n) is 7.57. The van der Waals surface area contributed by atoms with Crippen LogP contribution in [0, 0.1) is 0 Å². The van der Waals surface area contributed by atoms with E-state index in [2.05, 4.69) is 36.6 Å². The molecule has 1 N–H and O–H groups in total. The van der Waals surface area contributed by atoms with Gasteiger partial charge in [0.2, 0.25) is 0 Å². The van der Waals surface area contributed by atoms with Crippen LogP contribution in [-0.2, 0) is 26.7 Å². The van der Waals surface area contributed by atoms with Crippen molar-refractivity contribution in [2.75, 3.05) is 19.6 Å². The number of hydrogen-bond acceptors (Lipinski definition) is 5. The molecule has 0 atom stereocenters. The third kappa shape index (κ3) is 3.13. The Bertz CT molecular complexity index is 968. The summed E-state index contributed by atoms with van der Waals surface area (Å²) in [5, 5.41) is 13.0. The van der Waals surface area contributed by atoms with E-state index in [9.17, 15) is 0 Å². The minimum absolute atomic E-state index is 0.514. The van der Waals surface area contributed by atoms with Crippen molar-refractivity contribution in [3.8, 4) is 0 Å². The van der Waals surface area contributed by atoms with Gasteiger partial charge < -0.3 is 14.5 Å². The lowest BCUT2D eigenvalue weighted by atomic mass is 9.95. The Hall–Kier alpha value is -1.96. The van der Waals surface area contributed by atoms with Crippen LogP contribution in [0.5, 0.6) is 0 Å². The first-order chi connectivity index (χ1) is 13.2. The molecule has 0 unspecified atom stereocenters. The molecule has 2 aromatic heterocycles. The summed E-state index contributed by atoms with van der Waals surface area (Å²) in [5.41, 5.74) is 2.10. The molecule has 2 aliphatic rings. The summed E-state index contributed by atoms with van der Waals surface area (Å²) in [5.74, 6) is 3.87. The number of aryl methyl sites for hydroxylation is 1. The second-order valence-corrected chi connectivity index (χ2v) is 8.01. The molecule has 27 heavy (non-hydrogen) atoms. The fourth-order valence-corrected chi connectivity index (χ4v) is 4.50. The van der Waals surface area contributed by atoms with Gasteiger partial charge in [0.25, 0.3) is 0 Å². The fraction of sp³-hybridized carbons (Fsp3) is 0.526. The van der Waals surface area contributed by atoms with Crippen LogP contribution in [0.15, 0.2) is 18.2 Å². The largest absolute Gasteiger partial charge is 0.330 e. The average molecular weight is 386 g/mol. The molecule has 8 heteroatoms. The second kappa shape index (κ2) is 6.89. The SMILES string of the molecule is Cn1c(CN2CCC(c3nnc4n3CCNC4)CC2)nc2cc(Cl)ccc21. The van der Waals surface area contributed by atoms with E-state index < -0.39 is 0 Å². The first-order valence-corrected chi connectivity index (χ1v) is 10.0. The van der Waals surface area contributed by atoms with Crippen LogP contribution in [0.1, 0.15) is 36.2 Å². The zero-order valence-electron chi connectivity index (χ0n) is 15.5. The van der Waals surface area contributed by atoms with Crippen molar-refractivity contribution < 1.29 is 0 Å². The van der Waals surface area contributed by atoms with Crippen molar-refractivity contribution in [3.05, 3.63) is 40.7 Å². The van der Waals surface area contributed by atoms with Crippen LogP contribution in [0.3, 0.4) is 0 Å². The summed E-state index contributed by atoms with van der Waals surface area (Å²) >= 11 is 6.11. The predicted octanol–water partition coefficient (Wildman–Crippen LogP) is 2.30. The quantitative estimate of drug-likeness (QED) is 0.749. The standard InChI is InChI=1S/C19H24ClN7/c1-25-16-3-2-14(20)10-15(16)22-18(25)12-26-7-4-13(5-8-26)19-24-23-17-11-21-6-9-27(17)19/h2-3,10,13,21H,4-9,11-12H2,1H3. The van der Waals surface area contributed by atoms with Gasteiger partial charge >= 0.3 is 0 Å². The maximum Gasteiger partial charge on any atom is 0.147 e. The summed E-state index contributed by atoms with van der Waals surface area (Å²) in [6.45, 7) is 5.83. The van der Waals surface area contributed by atoms with Crippen LogP contribution < -0.4 is 5.32 Å². The molecule has 1 fully saturated rings.